The second-order valence-electron chi connectivity index (χ2n) is 3.67. The standard InChI is InChI=1S/C7H16.C6H14S/c2*1-3-5-7-6-4-2/h3-7H2,1-2H3;3-6H2,1-2H3. The van der Waals surface area contributed by atoms with Gasteiger partial charge in [0.15, 0.2) is 0 Å². The topological polar surface area (TPSA) is 0 Å². The van der Waals surface area contributed by atoms with E-state index in [0.29, 0.717) is 0 Å². The predicted octanol–water partition coefficient (Wildman–Crippen LogP) is 5.52. The highest BCUT2D eigenvalue weighted by atomic mass is 32.2. The summed E-state index contributed by atoms with van der Waals surface area (Å²) >= 11 is 2.05. The smallest absolute Gasteiger partial charge is 0.00702 e. The van der Waals surface area contributed by atoms with Gasteiger partial charge in [0.2, 0.25) is 0 Å². The Morgan fingerprint density at radius 2 is 1.00 bits per heavy atom. The van der Waals surface area contributed by atoms with E-state index in [4.69, 9.17) is 0 Å². The molecule has 0 atom stereocenters. The summed E-state index contributed by atoms with van der Waals surface area (Å²) in [5, 5.41) is 0. The average molecular weight is 218 g/mol. The quantitative estimate of drug-likeness (QED) is 0.484. The fourth-order valence-corrected chi connectivity index (χ4v) is 1.85. The van der Waals surface area contributed by atoms with Gasteiger partial charge in [-0.1, -0.05) is 59.8 Å². The molecule has 0 radical (unpaired) electrons. The maximum absolute atomic E-state index is 2.25. The largest absolute Gasteiger partial charge is 0.162 e. The molecule has 0 aromatic heterocycles. The summed E-state index contributed by atoms with van der Waals surface area (Å²) < 4.78 is 0. The highest BCUT2D eigenvalue weighted by Gasteiger charge is 1.80. The molecule has 0 amide bonds. The predicted molar refractivity (Wildman–Crippen MR) is 72.3 cm³/mol. The van der Waals surface area contributed by atoms with Crippen LogP contribution in [0.2, 0.25) is 0 Å². The van der Waals surface area contributed by atoms with Crippen molar-refractivity contribution in [2.45, 2.75) is 72.6 Å². The molecular formula is C13H30S. The van der Waals surface area contributed by atoms with Crippen molar-refractivity contribution in [3.8, 4) is 0 Å². The lowest BCUT2D eigenvalue weighted by Gasteiger charge is -1.91. The molecule has 0 saturated carbocycles. The Bertz CT molecular complexity index is 53.6. The van der Waals surface area contributed by atoms with Gasteiger partial charge in [-0.3, -0.25) is 0 Å². The number of thioether (sulfide) groups is 1. The zero-order valence-corrected chi connectivity index (χ0v) is 11.6. The van der Waals surface area contributed by atoms with Crippen LogP contribution in [0.25, 0.3) is 0 Å². The van der Waals surface area contributed by atoms with E-state index in [-0.39, 0.29) is 0 Å². The van der Waals surface area contributed by atoms with Gasteiger partial charge >= 0.3 is 0 Å². The van der Waals surface area contributed by atoms with Crippen LogP contribution < -0.4 is 0 Å². The van der Waals surface area contributed by atoms with Crippen LogP contribution in [-0.2, 0) is 0 Å². The number of unbranched alkanes of at least 4 members (excludes halogenated alkanes) is 4. The zero-order chi connectivity index (χ0) is 11.1. The van der Waals surface area contributed by atoms with Crippen molar-refractivity contribution >= 4 is 11.8 Å². The highest BCUT2D eigenvalue weighted by Crippen LogP contribution is 2.02. The summed E-state index contributed by atoms with van der Waals surface area (Å²) in [4.78, 5) is 0. The van der Waals surface area contributed by atoms with Gasteiger partial charge in [0.05, 0.1) is 0 Å². The van der Waals surface area contributed by atoms with Gasteiger partial charge in [-0.05, 0) is 24.3 Å². The molecule has 0 saturated heterocycles. The van der Waals surface area contributed by atoms with Gasteiger partial charge in [-0.25, -0.2) is 0 Å². The number of hydrogen-bond donors (Lipinski definition) is 0. The third kappa shape index (κ3) is 22.8. The van der Waals surface area contributed by atoms with E-state index < -0.39 is 0 Å². The SMILES string of the molecule is CCCCCCC.CCCSCCC. The third-order valence-corrected chi connectivity index (χ3v) is 3.30. The Kier molecular flexibility index (Phi) is 22.8. The van der Waals surface area contributed by atoms with E-state index in [1.54, 1.807) is 0 Å². The molecule has 1 heteroatoms. The molecule has 0 heterocycles. The van der Waals surface area contributed by atoms with Crippen molar-refractivity contribution in [3.63, 3.8) is 0 Å². The average Bonchev–Trinajstić information content (AvgIpc) is 2.21. The summed E-state index contributed by atoms with van der Waals surface area (Å²) in [6.07, 6.45) is 9.66. The third-order valence-electron chi connectivity index (χ3n) is 1.90. The summed E-state index contributed by atoms with van der Waals surface area (Å²) in [5.74, 6) is 2.68. The molecule has 0 unspecified atom stereocenters. The minimum Gasteiger partial charge on any atom is -0.162 e. The van der Waals surface area contributed by atoms with Crippen LogP contribution >= 0.6 is 11.8 Å². The maximum atomic E-state index is 2.25. The highest BCUT2D eigenvalue weighted by molar-refractivity contribution is 7.99. The van der Waals surface area contributed by atoms with Gasteiger partial charge in [-0.15, -0.1) is 0 Å². The first-order valence-electron chi connectivity index (χ1n) is 6.41. The second kappa shape index (κ2) is 19.0. The Hall–Kier alpha value is 0.350. The maximum Gasteiger partial charge on any atom is -0.00702 e. The van der Waals surface area contributed by atoms with E-state index in [1.165, 1.54) is 56.5 Å². The van der Waals surface area contributed by atoms with E-state index in [1.807, 2.05) is 0 Å². The monoisotopic (exact) mass is 218 g/mol. The fourth-order valence-electron chi connectivity index (χ4n) is 1.07. The Morgan fingerprint density at radius 3 is 1.29 bits per heavy atom. The van der Waals surface area contributed by atoms with Crippen LogP contribution in [0.1, 0.15) is 72.6 Å². The van der Waals surface area contributed by atoms with Crippen molar-refractivity contribution in [3.05, 3.63) is 0 Å². The van der Waals surface area contributed by atoms with E-state index in [0.717, 1.165) is 0 Å². The molecule has 0 N–H and O–H groups in total. The van der Waals surface area contributed by atoms with Gasteiger partial charge in [-0.2, -0.15) is 11.8 Å². The van der Waals surface area contributed by atoms with Gasteiger partial charge in [0.25, 0.3) is 0 Å². The fraction of sp³-hybridized carbons (Fsp3) is 1.00. The molecule has 0 aromatic carbocycles. The molecule has 0 nitrogen and oxygen atoms in total. The van der Waals surface area contributed by atoms with Crippen LogP contribution in [0.5, 0.6) is 0 Å². The van der Waals surface area contributed by atoms with Gasteiger partial charge < -0.3 is 0 Å². The van der Waals surface area contributed by atoms with Crippen LogP contribution in [0.15, 0.2) is 0 Å². The summed E-state index contributed by atoms with van der Waals surface area (Å²) in [6, 6.07) is 0. The first-order chi connectivity index (χ1) is 6.83. The van der Waals surface area contributed by atoms with Crippen molar-refractivity contribution in [1.29, 1.82) is 0 Å². The molecule has 88 valence electrons. The van der Waals surface area contributed by atoms with Crippen molar-refractivity contribution < 1.29 is 0 Å². The molecule has 0 aliphatic carbocycles. The van der Waals surface area contributed by atoms with Crippen molar-refractivity contribution in [2.75, 3.05) is 11.5 Å². The minimum atomic E-state index is 1.32. The number of hydrogen-bond acceptors (Lipinski definition) is 1. The molecule has 0 spiro atoms. The van der Waals surface area contributed by atoms with E-state index in [9.17, 15) is 0 Å². The first kappa shape index (κ1) is 16.8. The van der Waals surface area contributed by atoms with Gasteiger partial charge in [0.1, 0.15) is 0 Å². The minimum absolute atomic E-state index is 1.32. The Balaban J connectivity index is 0. The second-order valence-corrected chi connectivity index (χ2v) is 4.90. The van der Waals surface area contributed by atoms with Crippen LogP contribution in [-0.4, -0.2) is 11.5 Å². The van der Waals surface area contributed by atoms with Gasteiger partial charge in [0, 0.05) is 0 Å². The molecule has 0 fully saturated rings. The molecular weight excluding hydrogens is 188 g/mol. The lowest BCUT2D eigenvalue weighted by molar-refractivity contribution is 0.656. The van der Waals surface area contributed by atoms with E-state index >= 15 is 0 Å². The van der Waals surface area contributed by atoms with Crippen LogP contribution in [0.4, 0.5) is 0 Å². The molecule has 0 aromatic rings. The molecule has 0 bridgehead atoms. The van der Waals surface area contributed by atoms with Crippen LogP contribution in [0, 0.1) is 0 Å². The van der Waals surface area contributed by atoms with E-state index in [2.05, 4.69) is 39.5 Å². The lowest BCUT2D eigenvalue weighted by Crippen LogP contribution is -1.76. The Labute approximate surface area is 96.2 Å². The van der Waals surface area contributed by atoms with Crippen molar-refractivity contribution in [1.82, 2.24) is 0 Å². The molecule has 14 heavy (non-hydrogen) atoms. The van der Waals surface area contributed by atoms with Crippen molar-refractivity contribution in [2.24, 2.45) is 0 Å². The molecule has 0 aliphatic heterocycles. The molecule has 0 rings (SSSR count). The zero-order valence-electron chi connectivity index (χ0n) is 10.8. The number of rotatable bonds is 8. The summed E-state index contributed by atoms with van der Waals surface area (Å²) in [5.41, 5.74) is 0. The summed E-state index contributed by atoms with van der Waals surface area (Å²) in [6.45, 7) is 8.94. The lowest BCUT2D eigenvalue weighted by atomic mass is 10.2. The molecule has 0 aliphatic rings. The Morgan fingerprint density at radius 1 is 0.571 bits per heavy atom. The summed E-state index contributed by atoms with van der Waals surface area (Å²) in [7, 11) is 0. The normalized spacial score (nSPS) is 9.43. The van der Waals surface area contributed by atoms with Crippen LogP contribution in [0.3, 0.4) is 0 Å². The first-order valence-corrected chi connectivity index (χ1v) is 7.56.